The predicted molar refractivity (Wildman–Crippen MR) is 125 cm³/mol. The highest BCUT2D eigenvalue weighted by Gasteiger charge is 2.25. The number of nitrogens with one attached hydrogen (secondary N) is 2. The van der Waals surface area contributed by atoms with Crippen LogP contribution < -0.4 is 10.6 Å². The maximum atomic E-state index is 13.0. The van der Waals surface area contributed by atoms with E-state index in [2.05, 4.69) is 23.8 Å². The van der Waals surface area contributed by atoms with Gasteiger partial charge in [0.05, 0.1) is 18.6 Å². The molecule has 1 rings (SSSR count). The average molecular weight is 445 g/mol. The van der Waals surface area contributed by atoms with Crippen LogP contribution in [0, 0.1) is 5.92 Å². The molecule has 0 saturated heterocycles. The number of hydrogen-bond acceptors (Lipinski definition) is 5. The number of ether oxygens (including phenoxy) is 1. The second-order valence-corrected chi connectivity index (χ2v) is 7.77. The van der Waals surface area contributed by atoms with Gasteiger partial charge in [-0.3, -0.25) is 14.4 Å². The van der Waals surface area contributed by atoms with Gasteiger partial charge in [0.15, 0.2) is 0 Å². The van der Waals surface area contributed by atoms with Crippen molar-refractivity contribution in [2.75, 3.05) is 13.2 Å². The maximum Gasteiger partial charge on any atom is 0.305 e. The highest BCUT2D eigenvalue weighted by molar-refractivity contribution is 5.86. The summed E-state index contributed by atoms with van der Waals surface area (Å²) in [6.07, 6.45) is 6.44. The van der Waals surface area contributed by atoms with E-state index in [0.717, 1.165) is 24.8 Å². The van der Waals surface area contributed by atoms with Crippen LogP contribution in [0.15, 0.2) is 55.6 Å². The first-order valence-corrected chi connectivity index (χ1v) is 11.0. The number of esters is 1. The molecule has 176 valence electrons. The molecule has 0 spiro atoms. The number of hydrogen-bond donors (Lipinski definition) is 3. The summed E-state index contributed by atoms with van der Waals surface area (Å²) in [6.45, 7) is 8.84. The lowest BCUT2D eigenvalue weighted by atomic mass is 9.98. The van der Waals surface area contributed by atoms with E-state index in [0.29, 0.717) is 12.8 Å². The minimum absolute atomic E-state index is 0.00456. The van der Waals surface area contributed by atoms with Crippen molar-refractivity contribution < 1.29 is 24.2 Å². The second-order valence-electron chi connectivity index (χ2n) is 7.77. The van der Waals surface area contributed by atoms with Crippen LogP contribution in [0.3, 0.4) is 0 Å². The third-order valence-electron chi connectivity index (χ3n) is 4.90. The summed E-state index contributed by atoms with van der Waals surface area (Å²) in [5.41, 5.74) is 0.802. The van der Waals surface area contributed by atoms with Gasteiger partial charge < -0.3 is 20.5 Å². The highest BCUT2D eigenvalue weighted by Crippen LogP contribution is 2.17. The van der Waals surface area contributed by atoms with Crippen LogP contribution >= 0.6 is 0 Å². The molecule has 0 heterocycles. The Balaban J connectivity index is 2.78. The quantitative estimate of drug-likeness (QED) is 0.206. The standard InChI is InChI=1S/C25H36N2O5/c1-4-6-7-11-15-24(30)32-18-22(20-13-9-8-10-14-20)27-25(31)21(12-5-2)16-23(29)26-19(3)17-28/h4-5,8-10,13-14,19,21-22,28H,1-2,6-7,11-12,15-18H2,3H3,(H,26,29)(H,27,31)/t19-,21-,22-/m0/s1. The molecule has 1 aromatic carbocycles. The van der Waals surface area contributed by atoms with Gasteiger partial charge in [-0.15, -0.1) is 13.2 Å². The molecule has 0 bridgehead atoms. The monoisotopic (exact) mass is 444 g/mol. The number of carbonyl (C=O) groups excluding carboxylic acids is 3. The van der Waals surface area contributed by atoms with Crippen LogP contribution in [0.2, 0.25) is 0 Å². The molecule has 3 atom stereocenters. The van der Waals surface area contributed by atoms with Crippen LogP contribution in [0.25, 0.3) is 0 Å². The minimum atomic E-state index is -0.626. The SMILES string of the molecule is C=CCCCCC(=O)OC[C@H](NC(=O)[C@@H](CC=C)CC(=O)N[C@@H](C)CO)c1ccccc1. The number of benzene rings is 1. The van der Waals surface area contributed by atoms with E-state index < -0.39 is 18.0 Å². The Morgan fingerprint density at radius 1 is 1.09 bits per heavy atom. The summed E-state index contributed by atoms with van der Waals surface area (Å²) >= 11 is 0. The molecular formula is C25H36N2O5. The smallest absolute Gasteiger partial charge is 0.305 e. The average Bonchev–Trinajstić information content (AvgIpc) is 2.79. The van der Waals surface area contributed by atoms with E-state index in [1.165, 1.54) is 0 Å². The van der Waals surface area contributed by atoms with Gasteiger partial charge in [-0.25, -0.2) is 0 Å². The van der Waals surface area contributed by atoms with Crippen molar-refractivity contribution in [3.05, 3.63) is 61.2 Å². The highest BCUT2D eigenvalue weighted by atomic mass is 16.5. The zero-order valence-corrected chi connectivity index (χ0v) is 18.9. The predicted octanol–water partition coefficient (Wildman–Crippen LogP) is 3.21. The van der Waals surface area contributed by atoms with E-state index >= 15 is 0 Å². The summed E-state index contributed by atoms with van der Waals surface area (Å²) in [5, 5.41) is 14.7. The van der Waals surface area contributed by atoms with E-state index in [4.69, 9.17) is 9.84 Å². The van der Waals surface area contributed by atoms with Gasteiger partial charge in [0, 0.05) is 18.9 Å². The normalized spacial score (nSPS) is 13.3. The van der Waals surface area contributed by atoms with Crippen molar-refractivity contribution in [3.8, 4) is 0 Å². The van der Waals surface area contributed by atoms with Crippen molar-refractivity contribution >= 4 is 17.8 Å². The molecule has 32 heavy (non-hydrogen) atoms. The number of unbranched alkanes of at least 4 members (excludes halogenated alkanes) is 2. The molecule has 0 aliphatic rings. The molecule has 3 N–H and O–H groups in total. The molecule has 0 radical (unpaired) electrons. The molecule has 0 aliphatic carbocycles. The number of rotatable bonds is 16. The topological polar surface area (TPSA) is 105 Å². The first-order valence-electron chi connectivity index (χ1n) is 11.0. The summed E-state index contributed by atoms with van der Waals surface area (Å²) in [7, 11) is 0. The fourth-order valence-corrected chi connectivity index (χ4v) is 3.09. The van der Waals surface area contributed by atoms with Crippen molar-refractivity contribution in [1.82, 2.24) is 10.6 Å². The number of aliphatic hydroxyl groups excluding tert-OH is 1. The molecule has 7 heteroatoms. The molecule has 0 fully saturated rings. The number of allylic oxidation sites excluding steroid dienone is 2. The van der Waals surface area contributed by atoms with E-state index in [1.54, 1.807) is 13.0 Å². The molecule has 0 aromatic heterocycles. The van der Waals surface area contributed by atoms with Gasteiger partial charge in [0.1, 0.15) is 6.61 Å². The Hall–Kier alpha value is -2.93. The Kier molecular flexibility index (Phi) is 13.4. The third kappa shape index (κ3) is 10.9. The van der Waals surface area contributed by atoms with Gasteiger partial charge in [0.2, 0.25) is 11.8 Å². The summed E-state index contributed by atoms with van der Waals surface area (Å²) in [5.74, 6) is -1.59. The van der Waals surface area contributed by atoms with Gasteiger partial charge in [-0.2, -0.15) is 0 Å². The van der Waals surface area contributed by atoms with E-state index in [9.17, 15) is 14.4 Å². The molecule has 2 amide bonds. The van der Waals surface area contributed by atoms with Crippen LogP contribution in [-0.4, -0.2) is 42.1 Å². The van der Waals surface area contributed by atoms with Crippen LogP contribution in [-0.2, 0) is 19.1 Å². The molecule has 7 nitrogen and oxygen atoms in total. The van der Waals surface area contributed by atoms with Crippen LogP contribution in [0.1, 0.15) is 57.1 Å². The summed E-state index contributed by atoms with van der Waals surface area (Å²) < 4.78 is 5.42. The minimum Gasteiger partial charge on any atom is -0.463 e. The first-order chi connectivity index (χ1) is 15.4. The number of carbonyl (C=O) groups is 3. The summed E-state index contributed by atoms with van der Waals surface area (Å²) in [4.78, 5) is 37.3. The molecule has 0 saturated carbocycles. The molecule has 1 aromatic rings. The fraction of sp³-hybridized carbons (Fsp3) is 0.480. The second kappa shape index (κ2) is 15.8. The van der Waals surface area contributed by atoms with E-state index in [-0.39, 0.29) is 37.4 Å². The number of amides is 2. The van der Waals surface area contributed by atoms with Gasteiger partial charge in [0.25, 0.3) is 0 Å². The Labute approximate surface area is 190 Å². The van der Waals surface area contributed by atoms with E-state index in [1.807, 2.05) is 36.4 Å². The molecular weight excluding hydrogens is 408 g/mol. The van der Waals surface area contributed by atoms with Crippen molar-refractivity contribution in [3.63, 3.8) is 0 Å². The Morgan fingerprint density at radius 3 is 2.44 bits per heavy atom. The fourth-order valence-electron chi connectivity index (χ4n) is 3.09. The third-order valence-corrected chi connectivity index (χ3v) is 4.90. The van der Waals surface area contributed by atoms with Crippen molar-refractivity contribution in [1.29, 1.82) is 0 Å². The Bertz CT molecular complexity index is 735. The van der Waals surface area contributed by atoms with Crippen molar-refractivity contribution in [2.24, 2.45) is 5.92 Å². The Morgan fingerprint density at radius 2 is 1.81 bits per heavy atom. The molecule has 0 unspecified atom stereocenters. The lowest BCUT2D eigenvalue weighted by molar-refractivity contribution is -0.145. The van der Waals surface area contributed by atoms with Gasteiger partial charge in [-0.05, 0) is 38.2 Å². The lowest BCUT2D eigenvalue weighted by Crippen LogP contribution is -2.40. The van der Waals surface area contributed by atoms with Crippen molar-refractivity contribution in [2.45, 2.75) is 57.5 Å². The first kappa shape index (κ1) is 27.1. The maximum absolute atomic E-state index is 13.0. The lowest BCUT2D eigenvalue weighted by Gasteiger charge is -2.23. The largest absolute Gasteiger partial charge is 0.463 e. The summed E-state index contributed by atoms with van der Waals surface area (Å²) in [6, 6.07) is 8.32. The zero-order chi connectivity index (χ0) is 23.8. The zero-order valence-electron chi connectivity index (χ0n) is 18.9. The van der Waals surface area contributed by atoms with Crippen LogP contribution in [0.5, 0.6) is 0 Å². The molecule has 0 aliphatic heterocycles. The number of aliphatic hydroxyl groups is 1. The van der Waals surface area contributed by atoms with Gasteiger partial charge >= 0.3 is 5.97 Å². The van der Waals surface area contributed by atoms with Crippen LogP contribution in [0.4, 0.5) is 0 Å². The van der Waals surface area contributed by atoms with Gasteiger partial charge in [-0.1, -0.05) is 42.5 Å².